The standard InChI is InChI=1S/C17H17N5O2S/c1-11-20-16(15-10-19-17-14(22(11)15)8-9-18-17)12-4-6-13(7-5-12)25(23,24)21(2)3/h4-10,18H,1-3H3. The number of rotatable bonds is 3. The number of nitrogens with one attached hydrogen (secondary N) is 1. The van der Waals surface area contributed by atoms with E-state index in [4.69, 9.17) is 0 Å². The van der Waals surface area contributed by atoms with Gasteiger partial charge in [-0.3, -0.25) is 4.40 Å². The second-order valence-corrected chi connectivity index (χ2v) is 8.16. The Bertz CT molecular complexity index is 1190. The molecule has 0 unspecified atom stereocenters. The number of sulfonamides is 1. The van der Waals surface area contributed by atoms with Gasteiger partial charge in [0.1, 0.15) is 5.82 Å². The molecule has 0 aliphatic heterocycles. The molecule has 4 aromatic rings. The van der Waals surface area contributed by atoms with Gasteiger partial charge in [-0.2, -0.15) is 0 Å². The fraction of sp³-hybridized carbons (Fsp3) is 0.176. The minimum Gasteiger partial charge on any atom is -0.345 e. The van der Waals surface area contributed by atoms with Gasteiger partial charge in [-0.15, -0.1) is 0 Å². The quantitative estimate of drug-likeness (QED) is 0.612. The molecule has 0 spiro atoms. The van der Waals surface area contributed by atoms with Crippen molar-refractivity contribution in [3.8, 4) is 11.3 Å². The SMILES string of the molecule is Cc1nc(-c2ccc(S(=O)(=O)N(C)C)cc2)c2cnc3[nH]ccc3n12. The third kappa shape index (κ3) is 2.33. The molecule has 25 heavy (non-hydrogen) atoms. The van der Waals surface area contributed by atoms with Gasteiger partial charge in [0.25, 0.3) is 0 Å². The first-order valence-corrected chi connectivity index (χ1v) is 9.18. The Labute approximate surface area is 145 Å². The Balaban J connectivity index is 1.88. The van der Waals surface area contributed by atoms with Crippen LogP contribution in [0.15, 0.2) is 47.6 Å². The van der Waals surface area contributed by atoms with Crippen LogP contribution in [0.25, 0.3) is 27.9 Å². The van der Waals surface area contributed by atoms with Crippen molar-refractivity contribution < 1.29 is 8.42 Å². The van der Waals surface area contributed by atoms with Crippen LogP contribution >= 0.6 is 0 Å². The van der Waals surface area contributed by atoms with E-state index in [1.54, 1.807) is 30.5 Å². The van der Waals surface area contributed by atoms with E-state index in [2.05, 4.69) is 15.0 Å². The van der Waals surface area contributed by atoms with E-state index in [1.807, 2.05) is 23.6 Å². The molecule has 1 aromatic carbocycles. The molecule has 8 heteroatoms. The average molecular weight is 355 g/mol. The van der Waals surface area contributed by atoms with E-state index in [0.717, 1.165) is 33.8 Å². The van der Waals surface area contributed by atoms with Crippen molar-refractivity contribution in [2.24, 2.45) is 0 Å². The molecule has 0 amide bonds. The van der Waals surface area contributed by atoms with Gasteiger partial charge >= 0.3 is 0 Å². The lowest BCUT2D eigenvalue weighted by Gasteiger charge is -2.11. The number of aryl methyl sites for hydroxylation is 1. The van der Waals surface area contributed by atoms with Gasteiger partial charge < -0.3 is 4.98 Å². The van der Waals surface area contributed by atoms with Crippen molar-refractivity contribution in [1.29, 1.82) is 0 Å². The predicted molar refractivity (Wildman–Crippen MR) is 95.9 cm³/mol. The van der Waals surface area contributed by atoms with E-state index in [9.17, 15) is 8.42 Å². The highest BCUT2D eigenvalue weighted by Crippen LogP contribution is 2.28. The highest BCUT2D eigenvalue weighted by Gasteiger charge is 2.18. The predicted octanol–water partition coefficient (Wildman–Crippen LogP) is 2.44. The Kier molecular flexibility index (Phi) is 3.41. The molecule has 4 rings (SSSR count). The summed E-state index contributed by atoms with van der Waals surface area (Å²) in [5, 5.41) is 0. The zero-order valence-electron chi connectivity index (χ0n) is 14.1. The molecular weight excluding hydrogens is 338 g/mol. The fourth-order valence-corrected chi connectivity index (χ4v) is 3.84. The molecule has 0 aliphatic rings. The number of fused-ring (bicyclic) bond motifs is 3. The summed E-state index contributed by atoms with van der Waals surface area (Å²) in [6, 6.07) is 8.72. The number of aromatic nitrogens is 4. The minimum absolute atomic E-state index is 0.257. The maximum atomic E-state index is 12.2. The molecule has 0 fully saturated rings. The third-order valence-corrected chi connectivity index (χ3v) is 6.08. The van der Waals surface area contributed by atoms with Crippen LogP contribution in [0.1, 0.15) is 5.82 Å². The van der Waals surface area contributed by atoms with Crippen LogP contribution in [0.3, 0.4) is 0 Å². The monoisotopic (exact) mass is 355 g/mol. The second kappa shape index (κ2) is 5.40. The molecule has 0 saturated carbocycles. The largest absolute Gasteiger partial charge is 0.345 e. The Morgan fingerprint density at radius 2 is 1.80 bits per heavy atom. The number of aromatic amines is 1. The molecule has 0 bridgehead atoms. The van der Waals surface area contributed by atoms with Crippen molar-refractivity contribution in [2.75, 3.05) is 14.1 Å². The molecule has 3 aromatic heterocycles. The summed E-state index contributed by atoms with van der Waals surface area (Å²) < 4.78 is 27.7. The normalized spacial score (nSPS) is 12.5. The number of hydrogen-bond acceptors (Lipinski definition) is 4. The van der Waals surface area contributed by atoms with Crippen molar-refractivity contribution in [3.63, 3.8) is 0 Å². The molecule has 0 atom stereocenters. The lowest BCUT2D eigenvalue weighted by molar-refractivity contribution is 0.521. The minimum atomic E-state index is -3.44. The Morgan fingerprint density at radius 1 is 1.08 bits per heavy atom. The van der Waals surface area contributed by atoms with Gasteiger partial charge in [-0.1, -0.05) is 12.1 Å². The van der Waals surface area contributed by atoms with E-state index in [-0.39, 0.29) is 4.90 Å². The first-order valence-electron chi connectivity index (χ1n) is 7.74. The van der Waals surface area contributed by atoms with Gasteiger partial charge in [0.2, 0.25) is 10.0 Å². The smallest absolute Gasteiger partial charge is 0.242 e. The van der Waals surface area contributed by atoms with Gasteiger partial charge in [0.05, 0.1) is 27.8 Å². The van der Waals surface area contributed by atoms with Crippen LogP contribution in [0.4, 0.5) is 0 Å². The maximum absolute atomic E-state index is 12.2. The number of H-pyrrole nitrogens is 1. The van der Waals surface area contributed by atoms with E-state index >= 15 is 0 Å². The maximum Gasteiger partial charge on any atom is 0.242 e. The Hall–Kier alpha value is -2.71. The summed E-state index contributed by atoms with van der Waals surface area (Å²) in [6.45, 7) is 1.94. The van der Waals surface area contributed by atoms with Crippen LogP contribution in [0.2, 0.25) is 0 Å². The van der Waals surface area contributed by atoms with E-state index in [1.165, 1.54) is 18.4 Å². The van der Waals surface area contributed by atoms with Gasteiger partial charge in [-0.25, -0.2) is 22.7 Å². The third-order valence-electron chi connectivity index (χ3n) is 4.25. The first-order chi connectivity index (χ1) is 11.9. The zero-order chi connectivity index (χ0) is 17.8. The topological polar surface area (TPSA) is 83.4 Å². The van der Waals surface area contributed by atoms with Crippen molar-refractivity contribution in [1.82, 2.24) is 23.7 Å². The number of imidazole rings is 1. The first kappa shape index (κ1) is 15.8. The number of benzene rings is 1. The molecule has 1 N–H and O–H groups in total. The molecule has 0 aliphatic carbocycles. The van der Waals surface area contributed by atoms with Gasteiger partial charge in [-0.05, 0) is 25.1 Å². The lowest BCUT2D eigenvalue weighted by Crippen LogP contribution is -2.22. The van der Waals surface area contributed by atoms with Crippen LogP contribution in [-0.2, 0) is 10.0 Å². The summed E-state index contributed by atoms with van der Waals surface area (Å²) in [5.41, 5.74) is 4.27. The average Bonchev–Trinajstić information content (AvgIpc) is 3.19. The van der Waals surface area contributed by atoms with Crippen molar-refractivity contribution >= 4 is 26.7 Å². The summed E-state index contributed by atoms with van der Waals surface area (Å²) in [4.78, 5) is 12.4. The van der Waals surface area contributed by atoms with Crippen molar-refractivity contribution in [2.45, 2.75) is 11.8 Å². The summed E-state index contributed by atoms with van der Waals surface area (Å²) in [7, 11) is -0.409. The summed E-state index contributed by atoms with van der Waals surface area (Å²) >= 11 is 0. The molecule has 0 radical (unpaired) electrons. The zero-order valence-corrected chi connectivity index (χ0v) is 14.9. The molecular formula is C17H17N5O2S. The molecule has 3 heterocycles. The van der Waals surface area contributed by atoms with Crippen LogP contribution in [-0.4, -0.2) is 46.2 Å². The second-order valence-electron chi connectivity index (χ2n) is 6.01. The highest BCUT2D eigenvalue weighted by molar-refractivity contribution is 7.89. The molecule has 128 valence electrons. The van der Waals surface area contributed by atoms with Crippen LogP contribution < -0.4 is 0 Å². The van der Waals surface area contributed by atoms with E-state index < -0.39 is 10.0 Å². The highest BCUT2D eigenvalue weighted by atomic mass is 32.2. The van der Waals surface area contributed by atoms with Gasteiger partial charge in [0.15, 0.2) is 5.65 Å². The fourth-order valence-electron chi connectivity index (χ4n) is 2.94. The van der Waals surface area contributed by atoms with Crippen LogP contribution in [0, 0.1) is 6.92 Å². The summed E-state index contributed by atoms with van der Waals surface area (Å²) in [6.07, 6.45) is 3.62. The molecule has 7 nitrogen and oxygen atoms in total. The molecule has 0 saturated heterocycles. The van der Waals surface area contributed by atoms with Crippen molar-refractivity contribution in [3.05, 3.63) is 48.5 Å². The Morgan fingerprint density at radius 3 is 2.48 bits per heavy atom. The number of nitrogens with zero attached hydrogens (tertiary/aromatic N) is 4. The number of hydrogen-bond donors (Lipinski definition) is 1. The lowest BCUT2D eigenvalue weighted by atomic mass is 10.1. The van der Waals surface area contributed by atoms with Crippen LogP contribution in [0.5, 0.6) is 0 Å². The van der Waals surface area contributed by atoms with Gasteiger partial charge in [0, 0.05) is 25.9 Å². The summed E-state index contributed by atoms with van der Waals surface area (Å²) in [5.74, 6) is 0.849. The van der Waals surface area contributed by atoms with E-state index in [0.29, 0.717) is 0 Å².